The van der Waals surface area contributed by atoms with Gasteiger partial charge in [-0.15, -0.1) is 0 Å². The molecule has 2 saturated heterocycles. The van der Waals surface area contributed by atoms with Crippen LogP contribution in [0.5, 0.6) is 0 Å². The molecule has 34 heavy (non-hydrogen) atoms. The maximum Gasteiger partial charge on any atom is 0.249 e. The zero-order valence-corrected chi connectivity index (χ0v) is 19.4. The summed E-state index contributed by atoms with van der Waals surface area (Å²) in [5.74, 6) is -2.13. The first-order chi connectivity index (χ1) is 16.5. The monoisotopic (exact) mass is 465 g/mol. The predicted octanol–water partition coefficient (Wildman–Crippen LogP) is 0.967. The van der Waals surface area contributed by atoms with E-state index in [9.17, 15) is 19.5 Å². The second kappa shape index (κ2) is 9.00. The van der Waals surface area contributed by atoms with Crippen molar-refractivity contribution in [2.75, 3.05) is 32.8 Å². The van der Waals surface area contributed by atoms with Crippen molar-refractivity contribution < 1.29 is 24.2 Å². The van der Waals surface area contributed by atoms with Crippen LogP contribution in [0.15, 0.2) is 54.6 Å². The van der Waals surface area contributed by atoms with E-state index in [1.54, 1.807) is 9.80 Å². The van der Waals surface area contributed by atoms with Gasteiger partial charge in [0.2, 0.25) is 17.7 Å². The Morgan fingerprint density at radius 3 is 2.50 bits per heavy atom. The van der Waals surface area contributed by atoms with Crippen molar-refractivity contribution in [3.8, 4) is 0 Å². The number of nitrogens with zero attached hydrogens (tertiary/aromatic N) is 3. The van der Waals surface area contributed by atoms with Gasteiger partial charge in [-0.1, -0.05) is 61.6 Å². The van der Waals surface area contributed by atoms with Gasteiger partial charge < -0.3 is 24.5 Å². The van der Waals surface area contributed by atoms with Crippen molar-refractivity contribution in [1.82, 2.24) is 14.7 Å². The van der Waals surface area contributed by atoms with Crippen molar-refractivity contribution in [2.24, 2.45) is 11.8 Å². The van der Waals surface area contributed by atoms with Gasteiger partial charge in [-0.3, -0.25) is 14.4 Å². The molecule has 5 rings (SSSR count). The third-order valence-electron chi connectivity index (χ3n) is 7.38. The highest BCUT2D eigenvalue weighted by molar-refractivity contribution is 5.99. The Kier molecular flexibility index (Phi) is 6.04. The molecule has 1 aromatic rings. The number of carbonyl (C=O) groups excluding carboxylic acids is 3. The fourth-order valence-corrected chi connectivity index (χ4v) is 6.00. The van der Waals surface area contributed by atoms with Crippen LogP contribution in [0.2, 0.25) is 0 Å². The van der Waals surface area contributed by atoms with Gasteiger partial charge in [-0.05, 0) is 12.0 Å². The van der Waals surface area contributed by atoms with Gasteiger partial charge in [-0.2, -0.15) is 0 Å². The lowest BCUT2D eigenvalue weighted by atomic mass is 9.77. The number of ether oxygens (including phenoxy) is 1. The molecule has 5 atom stereocenters. The summed E-state index contributed by atoms with van der Waals surface area (Å²) in [7, 11) is 0. The molecule has 8 heteroatoms. The number of rotatable bonds is 6. The zero-order valence-electron chi connectivity index (χ0n) is 19.4. The first-order valence-electron chi connectivity index (χ1n) is 12.1. The Hall–Kier alpha value is -2.97. The number of likely N-dealkylation sites (tertiary alicyclic amines) is 1. The molecule has 1 N–H and O–H groups in total. The van der Waals surface area contributed by atoms with Crippen molar-refractivity contribution in [1.29, 1.82) is 0 Å². The number of fused-ring (bicyclic) bond motifs is 2. The molecule has 4 heterocycles. The smallest absolute Gasteiger partial charge is 0.249 e. The van der Waals surface area contributed by atoms with Crippen LogP contribution in [0.4, 0.5) is 0 Å². The fourth-order valence-electron chi connectivity index (χ4n) is 6.00. The maximum absolute atomic E-state index is 13.9. The number of amides is 3. The molecule has 0 radical (unpaired) electrons. The molecule has 180 valence electrons. The van der Waals surface area contributed by atoms with E-state index in [0.717, 1.165) is 12.0 Å². The van der Waals surface area contributed by atoms with E-state index in [0.29, 0.717) is 26.2 Å². The summed E-state index contributed by atoms with van der Waals surface area (Å²) in [6.45, 7) is 3.63. The van der Waals surface area contributed by atoms with E-state index in [1.807, 2.05) is 61.6 Å². The molecule has 2 fully saturated rings. The molecule has 0 bridgehead atoms. The molecule has 3 amide bonds. The summed E-state index contributed by atoms with van der Waals surface area (Å²) in [6, 6.07) is 8.77. The van der Waals surface area contributed by atoms with Crippen LogP contribution in [0.1, 0.15) is 18.9 Å². The van der Waals surface area contributed by atoms with E-state index in [-0.39, 0.29) is 30.9 Å². The number of β-amino-alcohol motifs (C(OH)–C–C–N with tert-alkyl or cyclic N) is 1. The molecular formula is C26H31N3O5. The van der Waals surface area contributed by atoms with Crippen LogP contribution < -0.4 is 0 Å². The fraction of sp³-hybridized carbons (Fsp3) is 0.500. The highest BCUT2D eigenvalue weighted by Gasteiger charge is 2.71. The van der Waals surface area contributed by atoms with Gasteiger partial charge in [-0.25, -0.2) is 0 Å². The minimum Gasteiger partial charge on any atom is -0.395 e. The Balaban J connectivity index is 1.54. The Bertz CT molecular complexity index is 1020. The minimum atomic E-state index is -1.24. The number of hydrogen-bond acceptors (Lipinski definition) is 5. The zero-order chi connectivity index (χ0) is 23.9. The first kappa shape index (κ1) is 22.8. The van der Waals surface area contributed by atoms with Crippen molar-refractivity contribution >= 4 is 17.7 Å². The lowest BCUT2D eigenvalue weighted by molar-refractivity contribution is -0.148. The van der Waals surface area contributed by atoms with Gasteiger partial charge >= 0.3 is 0 Å². The standard InChI is InChI=1S/C26H31N3O5/c1-2-12-27-13-6-10-19-20(23(27)31)21-24(32)29(15-16-30)22-25(33)28(14-7-11-26(21,22)34-19)17-18-8-4-3-5-9-18/h3-11,19-22,30H,2,12-17H2,1H3/t19-,20+,21+,22?,26+/m1/s1. The third kappa shape index (κ3) is 3.47. The van der Waals surface area contributed by atoms with Crippen LogP contribution in [-0.2, 0) is 25.7 Å². The highest BCUT2D eigenvalue weighted by atomic mass is 16.5. The molecule has 4 aliphatic rings. The molecule has 0 aromatic heterocycles. The molecular weight excluding hydrogens is 434 g/mol. The number of benzene rings is 1. The van der Waals surface area contributed by atoms with Crippen molar-refractivity contribution in [3.63, 3.8) is 0 Å². The molecule has 0 aliphatic carbocycles. The van der Waals surface area contributed by atoms with Crippen molar-refractivity contribution in [2.45, 2.75) is 37.6 Å². The lowest BCUT2D eigenvalue weighted by Crippen LogP contribution is -2.55. The van der Waals surface area contributed by atoms with Gasteiger partial charge in [0, 0.05) is 32.7 Å². The van der Waals surface area contributed by atoms with Crippen LogP contribution in [-0.4, -0.2) is 88.1 Å². The van der Waals surface area contributed by atoms with E-state index >= 15 is 0 Å². The molecule has 4 aliphatic heterocycles. The number of hydrogen-bond donors (Lipinski definition) is 1. The highest BCUT2D eigenvalue weighted by Crippen LogP contribution is 2.53. The Morgan fingerprint density at radius 2 is 1.76 bits per heavy atom. The topological polar surface area (TPSA) is 90.4 Å². The number of aliphatic hydroxyl groups is 1. The second-order valence-corrected chi connectivity index (χ2v) is 9.42. The summed E-state index contributed by atoms with van der Waals surface area (Å²) in [5, 5.41) is 9.73. The van der Waals surface area contributed by atoms with Crippen LogP contribution >= 0.6 is 0 Å². The Labute approximate surface area is 199 Å². The summed E-state index contributed by atoms with van der Waals surface area (Å²) in [6.07, 6.45) is 7.75. The summed E-state index contributed by atoms with van der Waals surface area (Å²) < 4.78 is 6.54. The van der Waals surface area contributed by atoms with Crippen LogP contribution in [0.3, 0.4) is 0 Å². The van der Waals surface area contributed by atoms with E-state index in [4.69, 9.17) is 4.74 Å². The largest absolute Gasteiger partial charge is 0.395 e. The molecule has 1 unspecified atom stereocenters. The summed E-state index contributed by atoms with van der Waals surface area (Å²) in [4.78, 5) is 46.2. The predicted molar refractivity (Wildman–Crippen MR) is 124 cm³/mol. The quantitative estimate of drug-likeness (QED) is 0.633. The van der Waals surface area contributed by atoms with Crippen molar-refractivity contribution in [3.05, 3.63) is 60.2 Å². The summed E-state index contributed by atoms with van der Waals surface area (Å²) in [5.41, 5.74) is -0.250. The van der Waals surface area contributed by atoms with E-state index < -0.39 is 29.6 Å². The average Bonchev–Trinajstić information content (AvgIpc) is 3.15. The minimum absolute atomic E-state index is 0.0178. The van der Waals surface area contributed by atoms with Crippen LogP contribution in [0.25, 0.3) is 0 Å². The van der Waals surface area contributed by atoms with Gasteiger partial charge in [0.05, 0.1) is 24.5 Å². The normalized spacial score (nSPS) is 32.5. The maximum atomic E-state index is 13.9. The molecule has 1 spiro atoms. The number of carbonyl (C=O) groups is 3. The third-order valence-corrected chi connectivity index (χ3v) is 7.38. The average molecular weight is 466 g/mol. The van der Waals surface area contributed by atoms with Gasteiger partial charge in [0.25, 0.3) is 0 Å². The first-order valence-corrected chi connectivity index (χ1v) is 12.1. The van der Waals surface area contributed by atoms with E-state index in [1.165, 1.54) is 4.90 Å². The SMILES string of the molecule is CCCN1CC=C[C@H]2O[C@]34C=CCN(Cc5ccccc5)C(=O)C3N(CCO)C(=O)[C@@H]4[C@H]2C1=O. The number of aliphatic hydroxyl groups excluding tert-OH is 1. The second-order valence-electron chi connectivity index (χ2n) is 9.42. The van der Waals surface area contributed by atoms with Gasteiger partial charge in [0.15, 0.2) is 0 Å². The molecule has 1 aromatic carbocycles. The van der Waals surface area contributed by atoms with E-state index in [2.05, 4.69) is 0 Å². The Morgan fingerprint density at radius 1 is 1.00 bits per heavy atom. The summed E-state index contributed by atoms with van der Waals surface area (Å²) >= 11 is 0. The lowest BCUT2D eigenvalue weighted by Gasteiger charge is -2.35. The molecule has 8 nitrogen and oxygen atoms in total. The molecule has 0 saturated carbocycles. The van der Waals surface area contributed by atoms with Crippen LogP contribution in [0, 0.1) is 11.8 Å². The van der Waals surface area contributed by atoms with Gasteiger partial charge in [0.1, 0.15) is 11.6 Å².